The zero-order valence-corrected chi connectivity index (χ0v) is 27.9. The standard InChI is InChI=1S/C36H37Cl2N3O4S/c1-26-20-21-29(37)23-33(26)41(46(44,45)31-17-6-3-7-18-31)25-35(42)40(24-28-14-8-11-19-32(28)38)34(22-27-12-4-2-5-13-27)36(43)39-30-15-9-10-16-30/h2-8,11-14,17-21,23,30,34H,9-10,15-16,22,24-25H2,1H3,(H,39,43)/t34-/m1/s1. The fourth-order valence-electron chi connectivity index (χ4n) is 5.82. The van der Waals surface area contributed by atoms with Crippen molar-refractivity contribution in [2.24, 2.45) is 0 Å². The first kappa shape index (κ1) is 33.5. The molecule has 1 saturated carbocycles. The van der Waals surface area contributed by atoms with E-state index in [1.165, 1.54) is 23.1 Å². The molecule has 0 radical (unpaired) electrons. The number of hydrogen-bond donors (Lipinski definition) is 1. The third kappa shape index (κ3) is 8.10. The van der Waals surface area contributed by atoms with E-state index in [0.29, 0.717) is 21.2 Å². The van der Waals surface area contributed by atoms with Gasteiger partial charge >= 0.3 is 0 Å². The van der Waals surface area contributed by atoms with Crippen LogP contribution in [0.2, 0.25) is 10.0 Å². The maximum atomic E-state index is 14.7. The molecule has 1 fully saturated rings. The molecule has 46 heavy (non-hydrogen) atoms. The number of nitrogens with one attached hydrogen (secondary N) is 1. The van der Waals surface area contributed by atoms with E-state index in [9.17, 15) is 18.0 Å². The monoisotopic (exact) mass is 677 g/mol. The van der Waals surface area contributed by atoms with E-state index in [2.05, 4.69) is 5.32 Å². The Balaban J connectivity index is 1.59. The minimum Gasteiger partial charge on any atom is -0.352 e. The van der Waals surface area contributed by atoms with Gasteiger partial charge in [0.15, 0.2) is 0 Å². The molecule has 0 saturated heterocycles. The molecule has 0 spiro atoms. The topological polar surface area (TPSA) is 86.8 Å². The minimum atomic E-state index is -4.23. The maximum Gasteiger partial charge on any atom is 0.264 e. The summed E-state index contributed by atoms with van der Waals surface area (Å²) < 4.78 is 29.5. The molecule has 0 unspecified atom stereocenters. The van der Waals surface area contributed by atoms with E-state index in [-0.39, 0.29) is 35.5 Å². The molecule has 0 aromatic heterocycles. The second-order valence-electron chi connectivity index (χ2n) is 11.6. The fourth-order valence-corrected chi connectivity index (χ4v) is 7.67. The normalized spacial score (nSPS) is 14.1. The van der Waals surface area contributed by atoms with Gasteiger partial charge in [0.05, 0.1) is 10.6 Å². The molecule has 0 aliphatic heterocycles. The van der Waals surface area contributed by atoms with E-state index in [4.69, 9.17) is 23.2 Å². The Morgan fingerprint density at radius 2 is 1.50 bits per heavy atom. The number of nitrogens with zero attached hydrogens (tertiary/aromatic N) is 2. The van der Waals surface area contributed by atoms with Gasteiger partial charge in [0, 0.05) is 29.1 Å². The number of hydrogen-bond acceptors (Lipinski definition) is 4. The molecule has 1 aliphatic rings. The molecule has 5 rings (SSSR count). The summed E-state index contributed by atoms with van der Waals surface area (Å²) in [6, 6.07) is 28.6. The Morgan fingerprint density at radius 1 is 0.870 bits per heavy atom. The summed E-state index contributed by atoms with van der Waals surface area (Å²) in [5.41, 5.74) is 2.40. The van der Waals surface area contributed by atoms with Crippen LogP contribution in [-0.2, 0) is 32.6 Å². The summed E-state index contributed by atoms with van der Waals surface area (Å²) in [6.45, 7) is 1.20. The third-order valence-electron chi connectivity index (χ3n) is 8.32. The van der Waals surface area contributed by atoms with Crippen LogP contribution < -0.4 is 9.62 Å². The molecule has 240 valence electrons. The Bertz CT molecular complexity index is 1760. The zero-order valence-electron chi connectivity index (χ0n) is 25.6. The van der Waals surface area contributed by atoms with Crippen LogP contribution in [0.5, 0.6) is 0 Å². The van der Waals surface area contributed by atoms with Crippen LogP contribution in [0.4, 0.5) is 5.69 Å². The van der Waals surface area contributed by atoms with Gasteiger partial charge in [0.2, 0.25) is 11.8 Å². The van der Waals surface area contributed by atoms with Crippen molar-refractivity contribution in [1.82, 2.24) is 10.2 Å². The van der Waals surface area contributed by atoms with Crippen LogP contribution in [0.25, 0.3) is 0 Å². The largest absolute Gasteiger partial charge is 0.352 e. The average molecular weight is 679 g/mol. The molecular weight excluding hydrogens is 641 g/mol. The third-order valence-corrected chi connectivity index (χ3v) is 10.7. The predicted octanol–water partition coefficient (Wildman–Crippen LogP) is 7.20. The highest BCUT2D eigenvalue weighted by Crippen LogP contribution is 2.30. The zero-order chi connectivity index (χ0) is 32.7. The van der Waals surface area contributed by atoms with Crippen molar-refractivity contribution < 1.29 is 18.0 Å². The number of anilines is 1. The van der Waals surface area contributed by atoms with Gasteiger partial charge in [-0.3, -0.25) is 13.9 Å². The summed E-state index contributed by atoms with van der Waals surface area (Å²) in [7, 11) is -4.23. The van der Waals surface area contributed by atoms with Gasteiger partial charge in [0.1, 0.15) is 12.6 Å². The van der Waals surface area contributed by atoms with Gasteiger partial charge < -0.3 is 10.2 Å². The lowest BCUT2D eigenvalue weighted by Crippen LogP contribution is -2.54. The molecule has 4 aromatic carbocycles. The van der Waals surface area contributed by atoms with E-state index in [1.807, 2.05) is 36.4 Å². The lowest BCUT2D eigenvalue weighted by molar-refractivity contribution is -0.140. The van der Waals surface area contributed by atoms with Crippen LogP contribution in [-0.4, -0.2) is 43.8 Å². The van der Waals surface area contributed by atoms with Gasteiger partial charge in [-0.25, -0.2) is 8.42 Å². The van der Waals surface area contributed by atoms with Crippen molar-refractivity contribution in [1.29, 1.82) is 0 Å². The Labute approximate surface area is 281 Å². The van der Waals surface area contributed by atoms with E-state index in [1.54, 1.807) is 55.5 Å². The lowest BCUT2D eigenvalue weighted by Gasteiger charge is -2.35. The number of carbonyl (C=O) groups is 2. The van der Waals surface area contributed by atoms with Crippen molar-refractivity contribution in [3.05, 3.63) is 130 Å². The van der Waals surface area contributed by atoms with E-state index in [0.717, 1.165) is 35.6 Å². The SMILES string of the molecule is Cc1ccc(Cl)cc1N(CC(=O)N(Cc1ccccc1Cl)[C@H](Cc1ccccc1)C(=O)NC1CCCC1)S(=O)(=O)c1ccccc1. The molecule has 10 heteroatoms. The second kappa shape index (κ2) is 15.2. The van der Waals surface area contributed by atoms with Crippen molar-refractivity contribution in [3.8, 4) is 0 Å². The summed E-state index contributed by atoms with van der Waals surface area (Å²) in [5, 5.41) is 3.94. The molecule has 4 aromatic rings. The smallest absolute Gasteiger partial charge is 0.264 e. The minimum absolute atomic E-state index is 0.00183. The van der Waals surface area contributed by atoms with Crippen LogP contribution in [0.3, 0.4) is 0 Å². The molecule has 0 bridgehead atoms. The number of halogens is 2. The first-order valence-corrected chi connectivity index (χ1v) is 17.5. The number of rotatable bonds is 12. The number of amides is 2. The summed E-state index contributed by atoms with van der Waals surface area (Å²) in [6.07, 6.45) is 4.04. The molecule has 0 heterocycles. The quantitative estimate of drug-likeness (QED) is 0.172. The molecule has 1 atom stereocenters. The van der Waals surface area contributed by atoms with Crippen LogP contribution >= 0.6 is 23.2 Å². The van der Waals surface area contributed by atoms with E-state index >= 15 is 0 Å². The number of benzene rings is 4. The van der Waals surface area contributed by atoms with Crippen LogP contribution in [0.1, 0.15) is 42.4 Å². The number of aryl methyl sites for hydroxylation is 1. The second-order valence-corrected chi connectivity index (χ2v) is 14.3. The van der Waals surface area contributed by atoms with Crippen molar-refractivity contribution in [2.45, 2.75) is 62.6 Å². The lowest BCUT2D eigenvalue weighted by atomic mass is 10.0. The Hall–Kier alpha value is -3.85. The maximum absolute atomic E-state index is 14.7. The first-order chi connectivity index (χ1) is 22.1. The highest BCUT2D eigenvalue weighted by atomic mass is 35.5. The highest BCUT2D eigenvalue weighted by Gasteiger charge is 2.36. The summed E-state index contributed by atoms with van der Waals surface area (Å²) >= 11 is 12.9. The summed E-state index contributed by atoms with van der Waals surface area (Å²) in [5.74, 6) is -0.839. The first-order valence-electron chi connectivity index (χ1n) is 15.3. The van der Waals surface area contributed by atoms with Crippen molar-refractivity contribution in [2.75, 3.05) is 10.8 Å². The average Bonchev–Trinajstić information content (AvgIpc) is 3.57. The molecule has 7 nitrogen and oxygen atoms in total. The van der Waals surface area contributed by atoms with Crippen molar-refractivity contribution >= 4 is 50.7 Å². The Kier molecular flexibility index (Phi) is 11.0. The molecule has 1 aliphatic carbocycles. The number of carbonyl (C=O) groups excluding carboxylic acids is 2. The molecule has 2 amide bonds. The van der Waals surface area contributed by atoms with Crippen LogP contribution in [0, 0.1) is 6.92 Å². The summed E-state index contributed by atoms with van der Waals surface area (Å²) in [4.78, 5) is 30.3. The predicted molar refractivity (Wildman–Crippen MR) is 183 cm³/mol. The van der Waals surface area contributed by atoms with Gasteiger partial charge in [0.25, 0.3) is 10.0 Å². The van der Waals surface area contributed by atoms with Gasteiger partial charge in [-0.15, -0.1) is 0 Å². The fraction of sp³-hybridized carbons (Fsp3) is 0.278. The molecular formula is C36H37Cl2N3O4S. The van der Waals surface area contributed by atoms with Gasteiger partial charge in [-0.2, -0.15) is 0 Å². The highest BCUT2D eigenvalue weighted by molar-refractivity contribution is 7.92. The van der Waals surface area contributed by atoms with E-state index < -0.39 is 28.5 Å². The van der Waals surface area contributed by atoms with Gasteiger partial charge in [-0.1, -0.05) is 109 Å². The van der Waals surface area contributed by atoms with Crippen molar-refractivity contribution in [3.63, 3.8) is 0 Å². The van der Waals surface area contributed by atoms with Crippen LogP contribution in [0.15, 0.2) is 108 Å². The number of sulfonamides is 1. The molecule has 1 N–H and O–H groups in total. The van der Waals surface area contributed by atoms with Gasteiger partial charge in [-0.05, 0) is 66.8 Å². The Morgan fingerprint density at radius 3 is 2.17 bits per heavy atom.